The molecule has 1 fully saturated rings. The highest BCUT2D eigenvalue weighted by molar-refractivity contribution is 4.89. The molecule has 0 aliphatic carbocycles. The van der Waals surface area contributed by atoms with E-state index >= 15 is 0 Å². The summed E-state index contributed by atoms with van der Waals surface area (Å²) in [7, 11) is 1.74. The van der Waals surface area contributed by atoms with Crippen molar-refractivity contribution < 1.29 is 4.74 Å². The fourth-order valence-electron chi connectivity index (χ4n) is 1.91. The molecule has 0 saturated carbocycles. The monoisotopic (exact) mass is 186 g/mol. The lowest BCUT2D eigenvalue weighted by Gasteiger charge is -2.36. The van der Waals surface area contributed by atoms with Crippen LogP contribution in [0.3, 0.4) is 0 Å². The van der Waals surface area contributed by atoms with E-state index in [9.17, 15) is 0 Å². The summed E-state index contributed by atoms with van der Waals surface area (Å²) in [6.45, 7) is 7.42. The van der Waals surface area contributed by atoms with Crippen LogP contribution in [0.1, 0.15) is 26.7 Å². The van der Waals surface area contributed by atoms with Gasteiger partial charge in [0.05, 0.1) is 6.61 Å². The van der Waals surface area contributed by atoms with Gasteiger partial charge in [-0.1, -0.05) is 0 Å². The number of piperidine rings is 1. The molecule has 78 valence electrons. The number of methoxy groups -OCH3 is 1. The molecule has 1 aliphatic rings. The molecule has 1 aliphatic heterocycles. The molecule has 1 atom stereocenters. The van der Waals surface area contributed by atoms with Crippen molar-refractivity contribution >= 4 is 0 Å². The maximum absolute atomic E-state index is 5.01. The van der Waals surface area contributed by atoms with Crippen LogP contribution in [0.4, 0.5) is 0 Å². The van der Waals surface area contributed by atoms with Crippen LogP contribution in [0.25, 0.3) is 0 Å². The second-order valence-electron chi connectivity index (χ2n) is 4.45. The Kier molecular flexibility index (Phi) is 4.16. The van der Waals surface area contributed by atoms with E-state index in [1.165, 1.54) is 12.8 Å². The van der Waals surface area contributed by atoms with E-state index in [2.05, 4.69) is 24.5 Å². The summed E-state index contributed by atoms with van der Waals surface area (Å²) < 4.78 is 5.01. The van der Waals surface area contributed by atoms with Gasteiger partial charge < -0.3 is 15.4 Å². The van der Waals surface area contributed by atoms with Gasteiger partial charge >= 0.3 is 0 Å². The Labute approximate surface area is 81.2 Å². The number of nitrogens with one attached hydrogen (secondary N) is 2. The van der Waals surface area contributed by atoms with E-state index in [-0.39, 0.29) is 0 Å². The molecule has 1 heterocycles. The van der Waals surface area contributed by atoms with Gasteiger partial charge in [-0.2, -0.15) is 0 Å². The predicted octanol–water partition coefficient (Wildman–Crippen LogP) is 0.753. The number of ether oxygens (including phenoxy) is 1. The van der Waals surface area contributed by atoms with Crippen LogP contribution in [-0.2, 0) is 4.74 Å². The average Bonchev–Trinajstić information content (AvgIpc) is 2.03. The highest BCUT2D eigenvalue weighted by Gasteiger charge is 2.26. The maximum atomic E-state index is 5.01. The third kappa shape index (κ3) is 4.07. The largest absolute Gasteiger partial charge is 0.383 e. The van der Waals surface area contributed by atoms with Crippen LogP contribution >= 0.6 is 0 Å². The second kappa shape index (κ2) is 4.94. The minimum Gasteiger partial charge on any atom is -0.383 e. The summed E-state index contributed by atoms with van der Waals surface area (Å²) in [6.07, 6.45) is 2.43. The van der Waals surface area contributed by atoms with Crippen LogP contribution in [0.2, 0.25) is 0 Å². The van der Waals surface area contributed by atoms with E-state index in [1.807, 2.05) is 0 Å². The molecule has 1 saturated heterocycles. The van der Waals surface area contributed by atoms with Crippen LogP contribution in [0.15, 0.2) is 0 Å². The Hall–Kier alpha value is -0.120. The first kappa shape index (κ1) is 11.0. The summed E-state index contributed by atoms with van der Waals surface area (Å²) in [4.78, 5) is 0. The zero-order valence-corrected chi connectivity index (χ0v) is 9.02. The van der Waals surface area contributed by atoms with Gasteiger partial charge in [-0.05, 0) is 33.2 Å². The molecule has 0 radical (unpaired) electrons. The van der Waals surface area contributed by atoms with Crippen molar-refractivity contribution in [3.63, 3.8) is 0 Å². The van der Waals surface area contributed by atoms with Crippen molar-refractivity contribution in [1.29, 1.82) is 0 Å². The molecule has 0 spiro atoms. The first-order valence-electron chi connectivity index (χ1n) is 5.11. The maximum Gasteiger partial charge on any atom is 0.0587 e. The zero-order chi connectivity index (χ0) is 9.73. The Bertz CT molecular complexity index is 148. The molecule has 2 N–H and O–H groups in total. The van der Waals surface area contributed by atoms with Crippen molar-refractivity contribution in [2.24, 2.45) is 0 Å². The van der Waals surface area contributed by atoms with Crippen molar-refractivity contribution in [2.75, 3.05) is 26.8 Å². The quantitative estimate of drug-likeness (QED) is 0.636. The molecule has 3 heteroatoms. The number of hydrogen-bond donors (Lipinski definition) is 2. The van der Waals surface area contributed by atoms with Gasteiger partial charge in [0.2, 0.25) is 0 Å². The highest BCUT2D eigenvalue weighted by atomic mass is 16.5. The van der Waals surface area contributed by atoms with Gasteiger partial charge in [-0.15, -0.1) is 0 Å². The average molecular weight is 186 g/mol. The lowest BCUT2D eigenvalue weighted by Crippen LogP contribution is -2.52. The summed E-state index contributed by atoms with van der Waals surface area (Å²) in [5.74, 6) is 0. The van der Waals surface area contributed by atoms with E-state index < -0.39 is 0 Å². The molecule has 13 heavy (non-hydrogen) atoms. The fraction of sp³-hybridized carbons (Fsp3) is 1.00. The van der Waals surface area contributed by atoms with Gasteiger partial charge in [0.25, 0.3) is 0 Å². The second-order valence-corrected chi connectivity index (χ2v) is 4.45. The molecular formula is C10H22N2O. The Morgan fingerprint density at radius 1 is 1.54 bits per heavy atom. The molecule has 0 aromatic rings. The summed E-state index contributed by atoms with van der Waals surface area (Å²) >= 11 is 0. The molecule has 0 bridgehead atoms. The topological polar surface area (TPSA) is 33.3 Å². The molecule has 0 aromatic carbocycles. The SMILES string of the molecule is COCCNC1CCNC(C)(C)C1. The Balaban J connectivity index is 2.19. The molecular weight excluding hydrogens is 164 g/mol. The summed E-state index contributed by atoms with van der Waals surface area (Å²) in [6, 6.07) is 0.659. The Morgan fingerprint density at radius 2 is 2.31 bits per heavy atom. The highest BCUT2D eigenvalue weighted by Crippen LogP contribution is 2.17. The Morgan fingerprint density at radius 3 is 2.92 bits per heavy atom. The summed E-state index contributed by atoms with van der Waals surface area (Å²) in [5, 5.41) is 7.02. The summed E-state index contributed by atoms with van der Waals surface area (Å²) in [5.41, 5.74) is 0.295. The van der Waals surface area contributed by atoms with E-state index in [1.54, 1.807) is 7.11 Å². The molecule has 0 amide bonds. The van der Waals surface area contributed by atoms with Crippen molar-refractivity contribution in [2.45, 2.75) is 38.3 Å². The first-order chi connectivity index (χ1) is 6.14. The molecule has 3 nitrogen and oxygen atoms in total. The van der Waals surface area contributed by atoms with Gasteiger partial charge in [0.15, 0.2) is 0 Å². The lowest BCUT2D eigenvalue weighted by atomic mass is 9.89. The van der Waals surface area contributed by atoms with Crippen molar-refractivity contribution in [3.8, 4) is 0 Å². The standard InChI is InChI=1S/C10H22N2O/c1-10(2)8-9(4-5-12-10)11-6-7-13-3/h9,11-12H,4-8H2,1-3H3. The molecule has 1 rings (SSSR count). The number of hydrogen-bond acceptors (Lipinski definition) is 3. The van der Waals surface area contributed by atoms with E-state index in [4.69, 9.17) is 4.74 Å². The van der Waals surface area contributed by atoms with Crippen molar-refractivity contribution in [3.05, 3.63) is 0 Å². The van der Waals surface area contributed by atoms with Crippen LogP contribution in [0, 0.1) is 0 Å². The number of rotatable bonds is 4. The van der Waals surface area contributed by atoms with Crippen molar-refractivity contribution in [1.82, 2.24) is 10.6 Å². The fourth-order valence-corrected chi connectivity index (χ4v) is 1.91. The van der Waals surface area contributed by atoms with E-state index in [0.717, 1.165) is 19.7 Å². The molecule has 1 unspecified atom stereocenters. The van der Waals surface area contributed by atoms with Gasteiger partial charge in [-0.3, -0.25) is 0 Å². The van der Waals surface area contributed by atoms with E-state index in [0.29, 0.717) is 11.6 Å². The zero-order valence-electron chi connectivity index (χ0n) is 9.02. The van der Waals surface area contributed by atoms with Gasteiger partial charge in [0, 0.05) is 25.2 Å². The van der Waals surface area contributed by atoms with Crippen LogP contribution < -0.4 is 10.6 Å². The minimum absolute atomic E-state index is 0.295. The third-order valence-corrected chi connectivity index (χ3v) is 2.59. The molecule has 0 aromatic heterocycles. The first-order valence-corrected chi connectivity index (χ1v) is 5.11. The lowest BCUT2D eigenvalue weighted by molar-refractivity contribution is 0.183. The smallest absolute Gasteiger partial charge is 0.0587 e. The predicted molar refractivity (Wildman–Crippen MR) is 55.0 cm³/mol. The van der Waals surface area contributed by atoms with Gasteiger partial charge in [-0.25, -0.2) is 0 Å². The van der Waals surface area contributed by atoms with Gasteiger partial charge in [0.1, 0.15) is 0 Å². The van der Waals surface area contributed by atoms with Crippen LogP contribution in [0.5, 0.6) is 0 Å². The third-order valence-electron chi connectivity index (χ3n) is 2.59. The normalized spacial score (nSPS) is 27.5. The van der Waals surface area contributed by atoms with Crippen LogP contribution in [-0.4, -0.2) is 38.4 Å². The minimum atomic E-state index is 0.295.